The molecule has 2 aromatic rings. The second kappa shape index (κ2) is 10.4. The predicted molar refractivity (Wildman–Crippen MR) is 134 cm³/mol. The summed E-state index contributed by atoms with van der Waals surface area (Å²) in [4.78, 5) is 13.9. The average molecular weight is 511 g/mol. The summed E-state index contributed by atoms with van der Waals surface area (Å²) in [5, 5.41) is 4.36. The molecule has 0 N–H and O–H groups in total. The van der Waals surface area contributed by atoms with Crippen molar-refractivity contribution in [1.29, 1.82) is 0 Å². The Balaban J connectivity index is 2.83. The SMILES string of the molecule is CCCn1nc(C)c(C(=O)c2ccc(S(C)(=O)=O)c(C(C)=C(C)C)c2C)c1OS(=O)(=O)CCC. The third-order valence-corrected chi connectivity index (χ3v) is 8.06. The lowest BCUT2D eigenvalue weighted by Gasteiger charge is -2.17. The van der Waals surface area contributed by atoms with Gasteiger partial charge in [-0.3, -0.25) is 4.79 Å². The van der Waals surface area contributed by atoms with Gasteiger partial charge in [-0.15, -0.1) is 0 Å². The molecule has 0 spiro atoms. The fourth-order valence-electron chi connectivity index (χ4n) is 3.77. The van der Waals surface area contributed by atoms with E-state index in [-0.39, 0.29) is 27.7 Å². The van der Waals surface area contributed by atoms with Crippen LogP contribution in [0.4, 0.5) is 0 Å². The second-order valence-electron chi connectivity index (χ2n) is 8.67. The fraction of sp³-hybridized carbons (Fsp3) is 0.500. The molecule has 8 nitrogen and oxygen atoms in total. The molecule has 10 heteroatoms. The van der Waals surface area contributed by atoms with Crippen LogP contribution in [0.15, 0.2) is 22.6 Å². The van der Waals surface area contributed by atoms with Crippen molar-refractivity contribution in [3.8, 4) is 5.88 Å². The zero-order chi connectivity index (χ0) is 26.0. The minimum Gasteiger partial charge on any atom is -0.361 e. The maximum atomic E-state index is 13.8. The molecule has 0 aliphatic rings. The van der Waals surface area contributed by atoms with Crippen LogP contribution < -0.4 is 4.18 Å². The van der Waals surface area contributed by atoms with Crippen molar-refractivity contribution >= 4 is 31.3 Å². The van der Waals surface area contributed by atoms with Crippen molar-refractivity contribution < 1.29 is 25.8 Å². The van der Waals surface area contributed by atoms with Crippen molar-refractivity contribution in [2.75, 3.05) is 12.0 Å². The zero-order valence-corrected chi connectivity index (χ0v) is 22.8. The molecule has 1 aromatic carbocycles. The summed E-state index contributed by atoms with van der Waals surface area (Å²) < 4.78 is 56.7. The average Bonchev–Trinajstić information content (AvgIpc) is 3.00. The molecule has 0 atom stereocenters. The van der Waals surface area contributed by atoms with Crippen LogP contribution in [0.5, 0.6) is 5.88 Å². The van der Waals surface area contributed by atoms with Gasteiger partial charge in [0.15, 0.2) is 9.84 Å². The van der Waals surface area contributed by atoms with Crippen LogP contribution in [0, 0.1) is 13.8 Å². The van der Waals surface area contributed by atoms with E-state index < -0.39 is 25.7 Å². The first-order chi connectivity index (χ1) is 15.7. The van der Waals surface area contributed by atoms with E-state index in [4.69, 9.17) is 4.18 Å². The highest BCUT2D eigenvalue weighted by molar-refractivity contribution is 7.90. The Morgan fingerprint density at radius 1 is 1.00 bits per heavy atom. The lowest BCUT2D eigenvalue weighted by molar-refractivity contribution is 0.103. The molecule has 0 radical (unpaired) electrons. The molecule has 0 saturated carbocycles. The van der Waals surface area contributed by atoms with Crippen molar-refractivity contribution in [2.24, 2.45) is 0 Å². The lowest BCUT2D eigenvalue weighted by Crippen LogP contribution is -2.18. The van der Waals surface area contributed by atoms with E-state index in [1.54, 1.807) is 20.8 Å². The first-order valence-electron chi connectivity index (χ1n) is 11.2. The smallest absolute Gasteiger partial charge is 0.310 e. The highest BCUT2D eigenvalue weighted by Gasteiger charge is 2.30. The van der Waals surface area contributed by atoms with Crippen molar-refractivity contribution in [3.63, 3.8) is 0 Å². The van der Waals surface area contributed by atoms with Gasteiger partial charge in [0.2, 0.25) is 11.7 Å². The Kier molecular flexibility index (Phi) is 8.53. The third-order valence-electron chi connectivity index (χ3n) is 5.60. The Hall–Kier alpha value is -2.46. The summed E-state index contributed by atoms with van der Waals surface area (Å²) in [6.07, 6.45) is 2.16. The Morgan fingerprint density at radius 3 is 2.12 bits per heavy atom. The Morgan fingerprint density at radius 2 is 1.62 bits per heavy atom. The summed E-state index contributed by atoms with van der Waals surface area (Å²) in [7, 11) is -7.48. The maximum Gasteiger partial charge on any atom is 0.310 e. The molecule has 0 aliphatic carbocycles. The zero-order valence-electron chi connectivity index (χ0n) is 21.1. The van der Waals surface area contributed by atoms with Gasteiger partial charge in [-0.2, -0.15) is 13.5 Å². The molecule has 34 heavy (non-hydrogen) atoms. The van der Waals surface area contributed by atoms with Gasteiger partial charge in [0.25, 0.3) is 0 Å². The first-order valence-corrected chi connectivity index (χ1v) is 14.6. The van der Waals surface area contributed by atoms with Gasteiger partial charge in [0, 0.05) is 18.4 Å². The summed E-state index contributed by atoms with van der Waals surface area (Å²) in [5.41, 5.74) is 3.31. The summed E-state index contributed by atoms with van der Waals surface area (Å²) in [6, 6.07) is 2.90. The van der Waals surface area contributed by atoms with Gasteiger partial charge in [-0.1, -0.05) is 19.4 Å². The van der Waals surface area contributed by atoms with Gasteiger partial charge in [0.05, 0.1) is 16.3 Å². The van der Waals surface area contributed by atoms with Crippen LogP contribution in [-0.2, 0) is 26.5 Å². The summed E-state index contributed by atoms with van der Waals surface area (Å²) in [6.45, 7) is 12.9. The molecule has 0 bridgehead atoms. The normalized spacial score (nSPS) is 12.0. The quantitative estimate of drug-likeness (QED) is 0.342. The van der Waals surface area contributed by atoms with Crippen LogP contribution in [0.25, 0.3) is 5.57 Å². The molecule has 2 rings (SSSR count). The molecule has 0 amide bonds. The maximum absolute atomic E-state index is 13.8. The number of allylic oxidation sites excluding steroid dienone is 2. The van der Waals surface area contributed by atoms with E-state index in [1.165, 1.54) is 16.8 Å². The molecular formula is C24H34N2O6S2. The van der Waals surface area contributed by atoms with E-state index in [9.17, 15) is 21.6 Å². The van der Waals surface area contributed by atoms with E-state index in [1.807, 2.05) is 27.7 Å². The number of rotatable bonds is 10. The van der Waals surface area contributed by atoms with Gasteiger partial charge in [-0.05, 0) is 76.3 Å². The highest BCUT2D eigenvalue weighted by atomic mass is 32.2. The number of sulfone groups is 1. The number of nitrogens with zero attached hydrogens (tertiary/aromatic N) is 2. The molecule has 0 saturated heterocycles. The first kappa shape index (κ1) is 27.8. The molecule has 188 valence electrons. The predicted octanol–water partition coefficient (Wildman–Crippen LogP) is 4.48. The number of aromatic nitrogens is 2. The molecule has 0 fully saturated rings. The van der Waals surface area contributed by atoms with Crippen LogP contribution in [0.3, 0.4) is 0 Å². The number of ketones is 1. The molecule has 0 unspecified atom stereocenters. The largest absolute Gasteiger partial charge is 0.361 e. The standard InChI is InChI=1S/C24H34N2O6S2/c1-9-13-26-24(32-34(30,31)14-10-2)22(18(7)25-26)23(27)19-11-12-20(33(8,28)29)21(17(19)6)16(5)15(3)4/h11-12H,9-10,13-14H2,1-8H3. The highest BCUT2D eigenvalue weighted by Crippen LogP contribution is 2.34. The van der Waals surface area contributed by atoms with Gasteiger partial charge in [0.1, 0.15) is 5.56 Å². The van der Waals surface area contributed by atoms with Gasteiger partial charge in [-0.25, -0.2) is 13.1 Å². The van der Waals surface area contributed by atoms with Crippen molar-refractivity contribution in [3.05, 3.63) is 45.7 Å². The number of hydrogen-bond acceptors (Lipinski definition) is 7. The molecule has 1 heterocycles. The third kappa shape index (κ3) is 5.78. The van der Waals surface area contributed by atoms with E-state index in [0.717, 1.165) is 17.4 Å². The van der Waals surface area contributed by atoms with Crippen LogP contribution in [0.1, 0.15) is 80.2 Å². The van der Waals surface area contributed by atoms with Gasteiger partial charge >= 0.3 is 10.1 Å². The van der Waals surface area contributed by atoms with E-state index >= 15 is 0 Å². The lowest BCUT2D eigenvalue weighted by atomic mass is 9.91. The van der Waals surface area contributed by atoms with Crippen molar-refractivity contribution in [2.45, 2.75) is 72.7 Å². The molecule has 0 aliphatic heterocycles. The van der Waals surface area contributed by atoms with Gasteiger partial charge < -0.3 is 4.18 Å². The minimum atomic E-state index is -3.92. The number of carbonyl (C=O) groups is 1. The Labute approximate surface area is 203 Å². The monoisotopic (exact) mass is 510 g/mol. The van der Waals surface area contributed by atoms with Crippen LogP contribution >= 0.6 is 0 Å². The topological polar surface area (TPSA) is 112 Å². The molecule has 1 aromatic heterocycles. The fourth-order valence-corrected chi connectivity index (χ4v) is 5.76. The van der Waals surface area contributed by atoms with E-state index in [0.29, 0.717) is 36.2 Å². The minimum absolute atomic E-state index is 0.0594. The van der Waals surface area contributed by atoms with E-state index in [2.05, 4.69) is 5.10 Å². The van der Waals surface area contributed by atoms with Crippen LogP contribution in [-0.4, -0.2) is 44.4 Å². The second-order valence-corrected chi connectivity index (χ2v) is 12.3. The summed E-state index contributed by atoms with van der Waals surface area (Å²) >= 11 is 0. The summed E-state index contributed by atoms with van der Waals surface area (Å²) in [5.74, 6) is -0.769. The van der Waals surface area contributed by atoms with Crippen LogP contribution in [0.2, 0.25) is 0 Å². The number of aryl methyl sites for hydroxylation is 2. The molecular weight excluding hydrogens is 476 g/mol. The number of hydrogen-bond donors (Lipinski definition) is 0. The van der Waals surface area contributed by atoms with Crippen molar-refractivity contribution in [1.82, 2.24) is 9.78 Å². The number of benzene rings is 1. The number of carbonyl (C=O) groups excluding carboxylic acids is 1. The Bertz CT molecular complexity index is 1350.